The van der Waals surface area contributed by atoms with Crippen molar-refractivity contribution in [3.8, 4) is 0 Å². The number of amides is 2. The maximum Gasteiger partial charge on any atom is 0.313 e. The zero-order valence-electron chi connectivity index (χ0n) is 8.51. The third-order valence-electron chi connectivity index (χ3n) is 1.72. The van der Waals surface area contributed by atoms with Crippen molar-refractivity contribution in [3.05, 3.63) is 28.5 Å². The molecule has 1 aromatic rings. The van der Waals surface area contributed by atoms with Gasteiger partial charge in [0.1, 0.15) is 5.82 Å². The van der Waals surface area contributed by atoms with Gasteiger partial charge in [0.2, 0.25) is 0 Å². The zero-order valence-corrected chi connectivity index (χ0v) is 10.1. The van der Waals surface area contributed by atoms with Crippen LogP contribution in [0.15, 0.2) is 22.7 Å². The molecular weight excluding hydrogens is 279 g/mol. The Bertz CT molecular complexity index is 423. The van der Waals surface area contributed by atoms with E-state index < -0.39 is 17.6 Å². The summed E-state index contributed by atoms with van der Waals surface area (Å²) in [4.78, 5) is 22.3. The van der Waals surface area contributed by atoms with E-state index in [2.05, 4.69) is 26.6 Å². The number of likely N-dealkylation sites (N-methyl/N-ethyl adjacent to an activating group) is 1. The van der Waals surface area contributed by atoms with Gasteiger partial charge in [0.15, 0.2) is 0 Å². The first-order valence-corrected chi connectivity index (χ1v) is 5.38. The van der Waals surface area contributed by atoms with E-state index in [9.17, 15) is 14.0 Å². The third kappa shape index (κ3) is 3.30. The van der Waals surface area contributed by atoms with Crippen molar-refractivity contribution in [2.24, 2.45) is 0 Å². The fraction of sp³-hybridized carbons (Fsp3) is 0.200. The largest absolute Gasteiger partial charge is 0.348 e. The Balaban J connectivity index is 2.76. The summed E-state index contributed by atoms with van der Waals surface area (Å²) in [6.45, 7) is 2.03. The van der Waals surface area contributed by atoms with Gasteiger partial charge in [-0.15, -0.1) is 0 Å². The fourth-order valence-corrected chi connectivity index (χ4v) is 1.37. The Hall–Kier alpha value is -1.43. The van der Waals surface area contributed by atoms with Gasteiger partial charge in [-0.2, -0.15) is 0 Å². The van der Waals surface area contributed by atoms with E-state index in [-0.39, 0.29) is 5.69 Å². The maximum atomic E-state index is 13.2. The third-order valence-corrected chi connectivity index (χ3v) is 2.21. The molecule has 0 aromatic heterocycles. The number of hydrogen-bond acceptors (Lipinski definition) is 2. The number of carbonyl (C=O) groups excluding carboxylic acids is 2. The van der Waals surface area contributed by atoms with Crippen molar-refractivity contribution in [1.82, 2.24) is 5.32 Å². The lowest BCUT2D eigenvalue weighted by molar-refractivity contribution is -0.136. The molecule has 86 valence electrons. The van der Waals surface area contributed by atoms with Gasteiger partial charge in [-0.25, -0.2) is 4.39 Å². The van der Waals surface area contributed by atoms with Crippen LogP contribution in [0.2, 0.25) is 0 Å². The van der Waals surface area contributed by atoms with Crippen LogP contribution in [0.5, 0.6) is 0 Å². The molecule has 1 aromatic carbocycles. The Morgan fingerprint density at radius 3 is 2.69 bits per heavy atom. The quantitative estimate of drug-likeness (QED) is 0.814. The van der Waals surface area contributed by atoms with Gasteiger partial charge >= 0.3 is 11.8 Å². The summed E-state index contributed by atoms with van der Waals surface area (Å²) in [5.41, 5.74) is -0.0365. The molecule has 1 rings (SSSR count). The van der Waals surface area contributed by atoms with Crippen molar-refractivity contribution < 1.29 is 14.0 Å². The topological polar surface area (TPSA) is 58.2 Å². The lowest BCUT2D eigenvalue weighted by atomic mass is 10.3. The van der Waals surface area contributed by atoms with E-state index >= 15 is 0 Å². The molecule has 6 heteroatoms. The molecule has 0 unspecified atom stereocenters. The molecular formula is C10H10BrFN2O2. The average molecular weight is 289 g/mol. The molecule has 2 amide bonds. The predicted molar refractivity (Wildman–Crippen MR) is 61.4 cm³/mol. The van der Waals surface area contributed by atoms with Crippen molar-refractivity contribution in [3.63, 3.8) is 0 Å². The summed E-state index contributed by atoms with van der Waals surface area (Å²) in [6, 6.07) is 4.07. The SMILES string of the molecule is CCNC(=O)C(=O)Nc1cc(Br)ccc1F. The average Bonchev–Trinajstić information content (AvgIpc) is 2.23. The highest BCUT2D eigenvalue weighted by Gasteiger charge is 2.14. The highest BCUT2D eigenvalue weighted by Crippen LogP contribution is 2.19. The van der Waals surface area contributed by atoms with Gasteiger partial charge < -0.3 is 10.6 Å². The van der Waals surface area contributed by atoms with Crippen LogP contribution in [0, 0.1) is 5.82 Å². The number of anilines is 1. The summed E-state index contributed by atoms with van der Waals surface area (Å²) in [6.07, 6.45) is 0. The molecule has 0 spiro atoms. The van der Waals surface area contributed by atoms with Gasteiger partial charge in [-0.05, 0) is 25.1 Å². The first kappa shape index (κ1) is 12.6. The van der Waals surface area contributed by atoms with Crippen LogP contribution in [-0.2, 0) is 9.59 Å². The first-order chi connectivity index (χ1) is 7.54. The normalized spacial score (nSPS) is 9.69. The Labute approximate surface area is 100 Å². The van der Waals surface area contributed by atoms with Gasteiger partial charge in [0.25, 0.3) is 0 Å². The lowest BCUT2D eigenvalue weighted by Crippen LogP contribution is -2.35. The van der Waals surface area contributed by atoms with E-state index in [0.717, 1.165) is 0 Å². The minimum atomic E-state index is -0.890. The van der Waals surface area contributed by atoms with Crippen LogP contribution in [0.25, 0.3) is 0 Å². The maximum absolute atomic E-state index is 13.2. The molecule has 2 N–H and O–H groups in total. The molecule has 0 heterocycles. The monoisotopic (exact) mass is 288 g/mol. The number of hydrogen-bond donors (Lipinski definition) is 2. The predicted octanol–water partition coefficient (Wildman–Crippen LogP) is 1.66. The van der Waals surface area contributed by atoms with Crippen molar-refractivity contribution >= 4 is 33.4 Å². The second-order valence-electron chi connectivity index (χ2n) is 2.94. The molecule has 0 saturated carbocycles. The van der Waals surface area contributed by atoms with E-state index in [1.165, 1.54) is 18.2 Å². The van der Waals surface area contributed by atoms with Crippen LogP contribution < -0.4 is 10.6 Å². The molecule has 0 radical (unpaired) electrons. The number of nitrogens with one attached hydrogen (secondary N) is 2. The summed E-state index contributed by atoms with van der Waals surface area (Å²) in [7, 11) is 0. The van der Waals surface area contributed by atoms with Crippen LogP contribution in [0.1, 0.15) is 6.92 Å². The highest BCUT2D eigenvalue weighted by atomic mass is 79.9. The molecule has 0 atom stereocenters. The van der Waals surface area contributed by atoms with Gasteiger partial charge in [-0.1, -0.05) is 15.9 Å². The van der Waals surface area contributed by atoms with Gasteiger partial charge in [0, 0.05) is 11.0 Å². The molecule has 0 aliphatic heterocycles. The molecule has 0 fully saturated rings. The van der Waals surface area contributed by atoms with E-state index in [0.29, 0.717) is 11.0 Å². The summed E-state index contributed by atoms with van der Waals surface area (Å²) in [5, 5.41) is 4.49. The minimum absolute atomic E-state index is 0.0365. The highest BCUT2D eigenvalue weighted by molar-refractivity contribution is 9.10. The zero-order chi connectivity index (χ0) is 12.1. The van der Waals surface area contributed by atoms with Gasteiger partial charge in [0.05, 0.1) is 5.69 Å². The molecule has 0 aliphatic rings. The second kappa shape index (κ2) is 5.60. The lowest BCUT2D eigenvalue weighted by Gasteiger charge is -2.06. The second-order valence-corrected chi connectivity index (χ2v) is 3.85. The van der Waals surface area contributed by atoms with E-state index in [4.69, 9.17) is 0 Å². The minimum Gasteiger partial charge on any atom is -0.348 e. The summed E-state index contributed by atoms with van der Waals surface area (Å²) >= 11 is 3.14. The number of rotatable bonds is 2. The standard InChI is InChI=1S/C10H10BrFN2O2/c1-2-13-9(15)10(16)14-8-5-6(11)3-4-7(8)12/h3-5H,2H2,1H3,(H,13,15)(H,14,16). The summed E-state index contributed by atoms with van der Waals surface area (Å²) < 4.78 is 13.8. The van der Waals surface area contributed by atoms with E-state index in [1.54, 1.807) is 6.92 Å². The van der Waals surface area contributed by atoms with Crippen LogP contribution in [0.3, 0.4) is 0 Å². The smallest absolute Gasteiger partial charge is 0.313 e. The first-order valence-electron chi connectivity index (χ1n) is 4.58. The van der Waals surface area contributed by atoms with Crippen LogP contribution >= 0.6 is 15.9 Å². The van der Waals surface area contributed by atoms with Crippen molar-refractivity contribution in [2.75, 3.05) is 11.9 Å². The van der Waals surface area contributed by atoms with Crippen LogP contribution in [0.4, 0.5) is 10.1 Å². The fourth-order valence-electron chi connectivity index (χ4n) is 1.01. The Morgan fingerprint density at radius 2 is 2.06 bits per heavy atom. The molecule has 0 saturated heterocycles. The Morgan fingerprint density at radius 1 is 1.38 bits per heavy atom. The Kier molecular flexibility index (Phi) is 4.42. The van der Waals surface area contributed by atoms with Gasteiger partial charge in [-0.3, -0.25) is 9.59 Å². The summed E-state index contributed by atoms with van der Waals surface area (Å²) in [5.74, 6) is -2.28. The number of halogens is 2. The molecule has 0 bridgehead atoms. The number of benzene rings is 1. The number of carbonyl (C=O) groups is 2. The van der Waals surface area contributed by atoms with Crippen molar-refractivity contribution in [2.45, 2.75) is 6.92 Å². The van der Waals surface area contributed by atoms with Crippen LogP contribution in [-0.4, -0.2) is 18.4 Å². The van der Waals surface area contributed by atoms with Crippen molar-refractivity contribution in [1.29, 1.82) is 0 Å². The molecule has 0 aliphatic carbocycles. The molecule has 16 heavy (non-hydrogen) atoms. The molecule has 4 nitrogen and oxygen atoms in total. The van der Waals surface area contributed by atoms with E-state index in [1.807, 2.05) is 0 Å².